The van der Waals surface area contributed by atoms with Gasteiger partial charge in [-0.3, -0.25) is 4.68 Å². The van der Waals surface area contributed by atoms with Gasteiger partial charge in [0.2, 0.25) is 0 Å². The molecule has 4 heterocycles. The minimum Gasteiger partial charge on any atom is -0.383 e. The van der Waals surface area contributed by atoms with Crippen LogP contribution in [-0.2, 0) is 20.1 Å². The average molecular weight is 448 g/mol. The number of aromatic nitrogens is 5. The van der Waals surface area contributed by atoms with Crippen molar-refractivity contribution in [2.45, 2.75) is 20.0 Å². The van der Waals surface area contributed by atoms with Crippen LogP contribution in [0, 0.1) is 6.92 Å². The van der Waals surface area contributed by atoms with Crippen molar-refractivity contribution in [2.24, 2.45) is 7.05 Å². The quantitative estimate of drug-likeness (QED) is 0.387. The van der Waals surface area contributed by atoms with E-state index in [9.17, 15) is 0 Å². The average Bonchev–Trinajstić information content (AvgIpc) is 3.37. The predicted molar refractivity (Wildman–Crippen MR) is 138 cm³/mol. The fraction of sp³-hybridized carbons (Fsp3) is 0.148. The number of pyridine rings is 2. The maximum Gasteiger partial charge on any atom is 0.137 e. The maximum atomic E-state index is 5.98. The molecule has 168 valence electrons. The maximum absolute atomic E-state index is 5.98. The molecule has 0 unspecified atom stereocenters. The normalized spacial score (nSPS) is 11.6. The summed E-state index contributed by atoms with van der Waals surface area (Å²) < 4.78 is 4.20. The first-order chi connectivity index (χ1) is 16.5. The van der Waals surface area contributed by atoms with Crippen LogP contribution < -0.4 is 11.1 Å². The van der Waals surface area contributed by atoms with E-state index in [1.165, 1.54) is 22.2 Å². The Kier molecular flexibility index (Phi) is 4.69. The molecule has 6 aromatic rings. The molecule has 3 N–H and O–H groups in total. The highest BCUT2D eigenvalue weighted by molar-refractivity contribution is 5.91. The number of nitrogen functional groups attached to an aromatic ring is 1. The van der Waals surface area contributed by atoms with Gasteiger partial charge in [0.25, 0.3) is 0 Å². The number of aryl methyl sites for hydroxylation is 2. The molecule has 0 aliphatic heterocycles. The molecule has 0 spiro atoms. The Morgan fingerprint density at radius 3 is 2.62 bits per heavy atom. The van der Waals surface area contributed by atoms with E-state index in [1.54, 1.807) is 12.4 Å². The zero-order valence-corrected chi connectivity index (χ0v) is 19.2. The molecule has 7 nitrogen and oxygen atoms in total. The first-order valence-corrected chi connectivity index (χ1v) is 11.3. The van der Waals surface area contributed by atoms with Gasteiger partial charge in [0.05, 0.1) is 17.4 Å². The second-order valence-corrected chi connectivity index (χ2v) is 8.76. The zero-order chi connectivity index (χ0) is 23.2. The number of rotatable bonds is 5. The number of benzene rings is 2. The number of nitrogens with two attached hydrogens (primary N) is 1. The highest BCUT2D eigenvalue weighted by Gasteiger charge is 2.09. The van der Waals surface area contributed by atoms with Crippen molar-refractivity contribution in [1.82, 2.24) is 24.3 Å². The largest absolute Gasteiger partial charge is 0.383 e. The van der Waals surface area contributed by atoms with Crippen molar-refractivity contribution in [3.8, 4) is 0 Å². The molecule has 0 amide bonds. The van der Waals surface area contributed by atoms with Gasteiger partial charge in [-0.1, -0.05) is 18.2 Å². The Balaban J connectivity index is 1.25. The van der Waals surface area contributed by atoms with E-state index in [0.29, 0.717) is 18.9 Å². The molecule has 0 aliphatic rings. The van der Waals surface area contributed by atoms with Crippen LogP contribution in [0.3, 0.4) is 0 Å². The lowest BCUT2D eigenvalue weighted by molar-refractivity contribution is 0.696. The number of fused-ring (bicyclic) bond motifs is 3. The molecule has 0 saturated carbocycles. The Morgan fingerprint density at radius 2 is 1.71 bits per heavy atom. The number of hydrogen-bond donors (Lipinski definition) is 2. The first kappa shape index (κ1) is 20.2. The first-order valence-electron chi connectivity index (χ1n) is 11.3. The molecule has 0 aliphatic carbocycles. The van der Waals surface area contributed by atoms with Crippen molar-refractivity contribution in [2.75, 3.05) is 11.1 Å². The van der Waals surface area contributed by atoms with Crippen LogP contribution in [0.25, 0.3) is 32.6 Å². The second kappa shape index (κ2) is 7.88. The van der Waals surface area contributed by atoms with Crippen molar-refractivity contribution < 1.29 is 0 Å². The third-order valence-corrected chi connectivity index (χ3v) is 6.49. The molecule has 0 fully saturated rings. The Bertz CT molecular complexity index is 1680. The van der Waals surface area contributed by atoms with Gasteiger partial charge in [-0.05, 0) is 59.8 Å². The third kappa shape index (κ3) is 3.51. The van der Waals surface area contributed by atoms with Crippen LogP contribution in [0.15, 0.2) is 73.2 Å². The SMILES string of the molecule is Cc1cc2cc(Cn3cc4c(NCc5ccc6c(N)nccc6c5)nccc4n3)ccc2n1C. The molecule has 0 radical (unpaired) electrons. The van der Waals surface area contributed by atoms with Gasteiger partial charge in [-0.15, -0.1) is 0 Å². The molecule has 6 rings (SSSR count). The highest BCUT2D eigenvalue weighted by Crippen LogP contribution is 2.24. The lowest BCUT2D eigenvalue weighted by atomic mass is 10.1. The second-order valence-electron chi connectivity index (χ2n) is 8.76. The molecular formula is C27H25N7. The summed E-state index contributed by atoms with van der Waals surface area (Å²) in [6.45, 7) is 3.49. The van der Waals surface area contributed by atoms with Crippen LogP contribution in [-0.4, -0.2) is 24.3 Å². The van der Waals surface area contributed by atoms with Gasteiger partial charge in [0.1, 0.15) is 11.6 Å². The number of anilines is 2. The highest BCUT2D eigenvalue weighted by atomic mass is 15.3. The molecule has 2 aromatic carbocycles. The van der Waals surface area contributed by atoms with Crippen molar-refractivity contribution >= 4 is 44.2 Å². The lowest BCUT2D eigenvalue weighted by Crippen LogP contribution is -2.02. The van der Waals surface area contributed by atoms with E-state index >= 15 is 0 Å². The molecule has 4 aromatic heterocycles. The Labute approximate surface area is 196 Å². The van der Waals surface area contributed by atoms with Gasteiger partial charge in [-0.2, -0.15) is 5.10 Å². The van der Waals surface area contributed by atoms with Crippen molar-refractivity contribution in [3.05, 3.63) is 90.0 Å². The van der Waals surface area contributed by atoms with Crippen LogP contribution in [0.4, 0.5) is 11.6 Å². The summed E-state index contributed by atoms with van der Waals surface area (Å²) in [5.41, 5.74) is 11.8. The minimum atomic E-state index is 0.553. The molecule has 0 bridgehead atoms. The van der Waals surface area contributed by atoms with E-state index in [-0.39, 0.29) is 0 Å². The Hall–Kier alpha value is -4.39. The van der Waals surface area contributed by atoms with E-state index < -0.39 is 0 Å². The minimum absolute atomic E-state index is 0.553. The topological polar surface area (TPSA) is 86.6 Å². The van der Waals surface area contributed by atoms with E-state index in [4.69, 9.17) is 10.8 Å². The lowest BCUT2D eigenvalue weighted by Gasteiger charge is -2.08. The van der Waals surface area contributed by atoms with E-state index in [2.05, 4.69) is 76.4 Å². The van der Waals surface area contributed by atoms with Gasteiger partial charge < -0.3 is 15.6 Å². The van der Waals surface area contributed by atoms with Crippen LogP contribution in [0.5, 0.6) is 0 Å². The molecule has 0 saturated heterocycles. The summed E-state index contributed by atoms with van der Waals surface area (Å²) in [6, 6.07) is 19.0. The van der Waals surface area contributed by atoms with Crippen LogP contribution >= 0.6 is 0 Å². The monoisotopic (exact) mass is 447 g/mol. The molecule has 7 heteroatoms. The van der Waals surface area contributed by atoms with Crippen LogP contribution in [0.1, 0.15) is 16.8 Å². The number of nitrogens with one attached hydrogen (secondary N) is 1. The summed E-state index contributed by atoms with van der Waals surface area (Å²) >= 11 is 0. The number of hydrogen-bond acceptors (Lipinski definition) is 5. The summed E-state index contributed by atoms with van der Waals surface area (Å²) in [5, 5.41) is 12.6. The molecule has 0 atom stereocenters. The number of nitrogens with zero attached hydrogens (tertiary/aromatic N) is 5. The Morgan fingerprint density at radius 1 is 0.882 bits per heavy atom. The fourth-order valence-corrected chi connectivity index (χ4v) is 4.58. The molecular weight excluding hydrogens is 422 g/mol. The summed E-state index contributed by atoms with van der Waals surface area (Å²) in [7, 11) is 2.10. The van der Waals surface area contributed by atoms with Gasteiger partial charge in [-0.25, -0.2) is 9.97 Å². The predicted octanol–water partition coefficient (Wildman–Crippen LogP) is 5.02. The van der Waals surface area contributed by atoms with E-state index in [0.717, 1.165) is 33.1 Å². The van der Waals surface area contributed by atoms with E-state index in [1.807, 2.05) is 22.9 Å². The van der Waals surface area contributed by atoms with Crippen molar-refractivity contribution in [3.63, 3.8) is 0 Å². The molecule has 34 heavy (non-hydrogen) atoms. The standard InChI is InChI=1S/C27H25N7/c1-17-11-21-13-19(4-6-25(21)33(17)2)15-34-16-23-24(32-34)8-10-30-27(23)31-14-18-3-5-22-20(12-18)7-9-29-26(22)28/h3-13,16H,14-15H2,1-2H3,(H2,28,29)(H,30,31). The zero-order valence-electron chi connectivity index (χ0n) is 19.2. The smallest absolute Gasteiger partial charge is 0.137 e. The summed E-state index contributed by atoms with van der Waals surface area (Å²) in [4.78, 5) is 8.73. The van der Waals surface area contributed by atoms with Gasteiger partial charge >= 0.3 is 0 Å². The van der Waals surface area contributed by atoms with Crippen molar-refractivity contribution in [1.29, 1.82) is 0 Å². The summed E-state index contributed by atoms with van der Waals surface area (Å²) in [6.07, 6.45) is 5.60. The van der Waals surface area contributed by atoms with Gasteiger partial charge in [0, 0.05) is 54.2 Å². The fourth-order valence-electron chi connectivity index (χ4n) is 4.58. The third-order valence-electron chi connectivity index (χ3n) is 6.49. The van der Waals surface area contributed by atoms with Crippen LogP contribution in [0.2, 0.25) is 0 Å². The van der Waals surface area contributed by atoms with Gasteiger partial charge in [0.15, 0.2) is 0 Å². The summed E-state index contributed by atoms with van der Waals surface area (Å²) in [5.74, 6) is 1.38.